The van der Waals surface area contributed by atoms with Crippen molar-refractivity contribution < 1.29 is 22.7 Å². The van der Waals surface area contributed by atoms with E-state index in [4.69, 9.17) is 23.2 Å². The lowest BCUT2D eigenvalue weighted by atomic mass is 10.1. The molecule has 10 heteroatoms. The van der Waals surface area contributed by atoms with Crippen LogP contribution in [0.25, 0.3) is 0 Å². The smallest absolute Gasteiger partial charge is 0.307 e. The van der Waals surface area contributed by atoms with Gasteiger partial charge in [-0.05, 0) is 18.2 Å². The van der Waals surface area contributed by atoms with Gasteiger partial charge in [0.2, 0.25) is 15.9 Å². The van der Waals surface area contributed by atoms with Gasteiger partial charge in [-0.2, -0.15) is 4.31 Å². The maximum Gasteiger partial charge on any atom is 0.307 e. The Morgan fingerprint density at radius 1 is 1.39 bits per heavy atom. The van der Waals surface area contributed by atoms with Crippen molar-refractivity contribution >= 4 is 45.1 Å². The number of amides is 1. The van der Waals surface area contributed by atoms with Crippen molar-refractivity contribution in [3.63, 3.8) is 0 Å². The van der Waals surface area contributed by atoms with Crippen LogP contribution in [0.4, 0.5) is 0 Å². The van der Waals surface area contributed by atoms with Gasteiger partial charge in [0.15, 0.2) is 0 Å². The third-order valence-corrected chi connectivity index (χ3v) is 6.01. The first kappa shape index (κ1) is 18.0. The van der Waals surface area contributed by atoms with Gasteiger partial charge in [-0.1, -0.05) is 23.2 Å². The molecule has 1 saturated heterocycles. The highest BCUT2D eigenvalue weighted by Gasteiger charge is 2.40. The van der Waals surface area contributed by atoms with Crippen molar-refractivity contribution in [1.82, 2.24) is 9.62 Å². The van der Waals surface area contributed by atoms with E-state index in [-0.39, 0.29) is 34.5 Å². The van der Waals surface area contributed by atoms with Crippen molar-refractivity contribution in [1.29, 1.82) is 0 Å². The Morgan fingerprint density at radius 3 is 2.70 bits per heavy atom. The standard InChI is InChI=1S/C13H14Cl2N2O5S/c1-22-12(18)7-11-13(19)16-4-5-17(11)23(20,21)8-2-3-9(14)10(15)6-8/h2-3,6,11H,4-5,7H2,1H3,(H,16,19). The van der Waals surface area contributed by atoms with E-state index in [1.165, 1.54) is 25.3 Å². The molecule has 1 heterocycles. The van der Waals surface area contributed by atoms with Crippen molar-refractivity contribution in [2.24, 2.45) is 0 Å². The number of nitrogens with zero attached hydrogens (tertiary/aromatic N) is 1. The van der Waals surface area contributed by atoms with Crippen molar-refractivity contribution in [2.75, 3.05) is 20.2 Å². The van der Waals surface area contributed by atoms with E-state index in [0.717, 1.165) is 4.31 Å². The quantitative estimate of drug-likeness (QED) is 0.787. The number of sulfonamides is 1. The molecule has 0 aromatic heterocycles. The second kappa shape index (κ2) is 7.04. The van der Waals surface area contributed by atoms with Gasteiger partial charge >= 0.3 is 5.97 Å². The molecule has 1 aromatic carbocycles. The van der Waals surface area contributed by atoms with Crippen LogP contribution in [0.3, 0.4) is 0 Å². The fourth-order valence-electron chi connectivity index (χ4n) is 2.19. The van der Waals surface area contributed by atoms with E-state index in [1.54, 1.807) is 0 Å². The number of hydrogen-bond acceptors (Lipinski definition) is 5. The van der Waals surface area contributed by atoms with E-state index in [0.29, 0.717) is 0 Å². The summed E-state index contributed by atoms with van der Waals surface area (Å²) in [4.78, 5) is 23.4. The summed E-state index contributed by atoms with van der Waals surface area (Å²) in [5, 5.41) is 2.83. The molecule has 0 saturated carbocycles. The summed E-state index contributed by atoms with van der Waals surface area (Å²) in [6, 6.07) is 2.69. The molecule has 1 aliphatic heterocycles. The van der Waals surface area contributed by atoms with Crippen molar-refractivity contribution in [3.8, 4) is 0 Å². The molecule has 23 heavy (non-hydrogen) atoms. The van der Waals surface area contributed by atoms with Crippen LogP contribution in [-0.2, 0) is 24.3 Å². The highest BCUT2D eigenvalue weighted by molar-refractivity contribution is 7.89. The molecule has 2 rings (SSSR count). The minimum absolute atomic E-state index is 0.0377. The van der Waals surface area contributed by atoms with Gasteiger partial charge in [0.05, 0.1) is 28.5 Å². The van der Waals surface area contributed by atoms with E-state index >= 15 is 0 Å². The van der Waals surface area contributed by atoms with Gasteiger partial charge in [-0.25, -0.2) is 8.42 Å². The molecule has 1 aromatic rings. The van der Waals surface area contributed by atoms with E-state index in [1.807, 2.05) is 0 Å². The molecular formula is C13H14Cl2N2O5S. The number of benzene rings is 1. The van der Waals surface area contributed by atoms with E-state index in [9.17, 15) is 18.0 Å². The van der Waals surface area contributed by atoms with Crippen LogP contribution in [0.2, 0.25) is 10.0 Å². The molecule has 7 nitrogen and oxygen atoms in total. The number of ether oxygens (including phenoxy) is 1. The maximum atomic E-state index is 12.8. The number of halogens is 2. The number of methoxy groups -OCH3 is 1. The molecule has 0 spiro atoms. The molecule has 1 fully saturated rings. The van der Waals surface area contributed by atoms with E-state index in [2.05, 4.69) is 10.1 Å². The van der Waals surface area contributed by atoms with Gasteiger partial charge in [-0.3, -0.25) is 9.59 Å². The number of carbonyl (C=O) groups excluding carboxylic acids is 2. The summed E-state index contributed by atoms with van der Waals surface area (Å²) in [6.45, 7) is 0.188. The first-order valence-electron chi connectivity index (χ1n) is 6.59. The lowest BCUT2D eigenvalue weighted by Gasteiger charge is -2.33. The molecule has 0 radical (unpaired) electrons. The minimum Gasteiger partial charge on any atom is -0.469 e. The monoisotopic (exact) mass is 380 g/mol. The Kier molecular flexibility index (Phi) is 5.51. The predicted molar refractivity (Wildman–Crippen MR) is 83.8 cm³/mol. The van der Waals surface area contributed by atoms with Crippen LogP contribution in [-0.4, -0.2) is 50.8 Å². The summed E-state index contributed by atoms with van der Waals surface area (Å²) in [6.07, 6.45) is -0.372. The average molecular weight is 381 g/mol. The number of nitrogens with one attached hydrogen (secondary N) is 1. The molecule has 0 aliphatic carbocycles. The van der Waals surface area contributed by atoms with Crippen molar-refractivity contribution in [2.45, 2.75) is 17.4 Å². The number of piperazine rings is 1. The third-order valence-electron chi connectivity index (χ3n) is 3.37. The Labute approximate surface area is 143 Å². The number of carbonyl (C=O) groups is 2. The lowest BCUT2D eigenvalue weighted by Crippen LogP contribution is -2.57. The Balaban J connectivity index is 2.39. The second-order valence-electron chi connectivity index (χ2n) is 4.78. The fourth-order valence-corrected chi connectivity index (χ4v) is 4.17. The van der Waals surface area contributed by atoms with Gasteiger partial charge in [0.25, 0.3) is 0 Å². The van der Waals surface area contributed by atoms with Crippen molar-refractivity contribution in [3.05, 3.63) is 28.2 Å². The summed E-state index contributed by atoms with van der Waals surface area (Å²) in [5.74, 6) is -1.23. The number of hydrogen-bond donors (Lipinski definition) is 1. The molecule has 1 aliphatic rings. The van der Waals surface area contributed by atoms with Gasteiger partial charge in [0.1, 0.15) is 6.04 Å². The highest BCUT2D eigenvalue weighted by Crippen LogP contribution is 2.28. The third kappa shape index (κ3) is 3.77. The van der Waals surface area contributed by atoms with Gasteiger partial charge in [0, 0.05) is 13.1 Å². The summed E-state index contributed by atoms with van der Waals surface area (Å²) in [7, 11) is -2.85. The largest absolute Gasteiger partial charge is 0.469 e. The maximum absolute atomic E-state index is 12.8. The summed E-state index contributed by atoms with van der Waals surface area (Å²) >= 11 is 11.7. The zero-order chi connectivity index (χ0) is 17.2. The van der Waals surface area contributed by atoms with E-state index < -0.39 is 27.9 Å². The second-order valence-corrected chi connectivity index (χ2v) is 7.48. The zero-order valence-electron chi connectivity index (χ0n) is 12.1. The minimum atomic E-state index is -4.02. The van der Waals surface area contributed by atoms with Crippen LogP contribution in [0, 0.1) is 0 Å². The van der Waals surface area contributed by atoms with Crippen LogP contribution in [0.1, 0.15) is 6.42 Å². The molecule has 126 valence electrons. The Hall–Kier alpha value is -1.35. The number of esters is 1. The summed E-state index contributed by atoms with van der Waals surface area (Å²) in [5.41, 5.74) is 0. The first-order valence-corrected chi connectivity index (χ1v) is 8.78. The predicted octanol–water partition coefficient (Wildman–Crippen LogP) is 1.05. The van der Waals surface area contributed by atoms with Crippen LogP contribution in [0.5, 0.6) is 0 Å². The topological polar surface area (TPSA) is 92.8 Å². The van der Waals surface area contributed by atoms with Gasteiger partial charge < -0.3 is 10.1 Å². The lowest BCUT2D eigenvalue weighted by molar-refractivity contribution is -0.144. The molecule has 1 amide bonds. The van der Waals surface area contributed by atoms with Gasteiger partial charge in [-0.15, -0.1) is 0 Å². The highest BCUT2D eigenvalue weighted by atomic mass is 35.5. The van der Waals surface area contributed by atoms with Crippen LogP contribution in [0.15, 0.2) is 23.1 Å². The Morgan fingerprint density at radius 2 is 2.09 bits per heavy atom. The fraction of sp³-hybridized carbons (Fsp3) is 0.385. The average Bonchev–Trinajstić information content (AvgIpc) is 2.51. The molecular weight excluding hydrogens is 367 g/mol. The Bertz CT molecular complexity index is 738. The molecule has 0 bridgehead atoms. The molecule has 1 N–H and O–H groups in total. The SMILES string of the molecule is COC(=O)CC1C(=O)NCCN1S(=O)(=O)c1ccc(Cl)c(Cl)c1. The zero-order valence-corrected chi connectivity index (χ0v) is 14.4. The first-order chi connectivity index (χ1) is 10.8. The number of rotatable bonds is 4. The normalized spacial score (nSPS) is 19.3. The van der Waals surface area contributed by atoms with Crippen LogP contribution < -0.4 is 5.32 Å². The van der Waals surface area contributed by atoms with Crippen LogP contribution >= 0.6 is 23.2 Å². The molecule has 1 unspecified atom stereocenters. The summed E-state index contributed by atoms with van der Waals surface area (Å²) < 4.78 is 31.0. The molecule has 1 atom stereocenters.